The molecule has 4 heteroatoms. The third-order valence-corrected chi connectivity index (χ3v) is 4.61. The van der Waals surface area contributed by atoms with E-state index in [4.69, 9.17) is 0 Å². The molecule has 0 spiro atoms. The van der Waals surface area contributed by atoms with Crippen LogP contribution in [0.3, 0.4) is 0 Å². The fraction of sp³-hybridized carbons (Fsp3) is 0.500. The normalized spacial score (nSPS) is 22.1. The molecule has 1 saturated carbocycles. The number of hydrogen-bond acceptors (Lipinski definition) is 2. The second kappa shape index (κ2) is 4.33. The van der Waals surface area contributed by atoms with Crippen LogP contribution in [0.1, 0.15) is 49.2 Å². The van der Waals surface area contributed by atoms with Crippen LogP contribution in [-0.4, -0.2) is 16.6 Å². The van der Waals surface area contributed by atoms with Crippen LogP contribution in [0.25, 0.3) is 6.08 Å². The first kappa shape index (κ1) is 13.2. The Morgan fingerprint density at radius 3 is 2.60 bits per heavy atom. The second-order valence-corrected chi connectivity index (χ2v) is 6.14. The van der Waals surface area contributed by atoms with Crippen LogP contribution in [0.5, 0.6) is 0 Å². The van der Waals surface area contributed by atoms with Gasteiger partial charge in [0.05, 0.1) is 11.3 Å². The number of rotatable bonds is 3. The van der Waals surface area contributed by atoms with Gasteiger partial charge in [-0.25, -0.2) is 5.43 Å². The maximum absolute atomic E-state index is 12.0. The van der Waals surface area contributed by atoms with Crippen molar-refractivity contribution >= 4 is 17.7 Å². The number of carbonyl (C=O) groups is 1. The van der Waals surface area contributed by atoms with Crippen LogP contribution in [0.2, 0.25) is 0 Å². The molecule has 0 saturated heterocycles. The van der Waals surface area contributed by atoms with Gasteiger partial charge >= 0.3 is 0 Å². The first-order valence-corrected chi connectivity index (χ1v) is 7.25. The van der Waals surface area contributed by atoms with E-state index in [1.165, 1.54) is 16.8 Å². The number of hydrogen-bond donors (Lipinski definition) is 2. The van der Waals surface area contributed by atoms with E-state index in [1.54, 1.807) is 0 Å². The van der Waals surface area contributed by atoms with Gasteiger partial charge in [0.2, 0.25) is 0 Å². The molecule has 1 aromatic rings. The molecular weight excluding hydrogens is 250 g/mol. The van der Waals surface area contributed by atoms with Gasteiger partial charge in [0.15, 0.2) is 0 Å². The predicted molar refractivity (Wildman–Crippen MR) is 80.5 cm³/mol. The van der Waals surface area contributed by atoms with Crippen molar-refractivity contribution in [3.8, 4) is 0 Å². The molecule has 1 aliphatic heterocycles. The van der Waals surface area contributed by atoms with Crippen molar-refractivity contribution in [1.29, 1.82) is 0 Å². The number of aromatic amines is 1. The molecule has 2 heterocycles. The average molecular weight is 271 g/mol. The van der Waals surface area contributed by atoms with Crippen LogP contribution >= 0.6 is 0 Å². The maximum atomic E-state index is 12.0. The number of aromatic nitrogens is 1. The van der Waals surface area contributed by atoms with Crippen molar-refractivity contribution in [2.24, 2.45) is 10.5 Å². The zero-order valence-electron chi connectivity index (χ0n) is 12.6. The monoisotopic (exact) mass is 271 g/mol. The van der Waals surface area contributed by atoms with Crippen LogP contribution < -0.4 is 5.43 Å². The molecule has 0 unspecified atom stereocenters. The summed E-state index contributed by atoms with van der Waals surface area (Å²) in [4.78, 5) is 15.4. The van der Waals surface area contributed by atoms with E-state index in [-0.39, 0.29) is 11.3 Å². The van der Waals surface area contributed by atoms with E-state index in [0.717, 1.165) is 36.2 Å². The Balaban J connectivity index is 2.03. The first-order chi connectivity index (χ1) is 9.46. The van der Waals surface area contributed by atoms with Gasteiger partial charge in [-0.2, -0.15) is 5.10 Å². The van der Waals surface area contributed by atoms with Gasteiger partial charge in [0, 0.05) is 16.8 Å². The highest BCUT2D eigenvalue weighted by atomic mass is 16.2. The fourth-order valence-electron chi connectivity index (χ4n) is 2.99. The van der Waals surface area contributed by atoms with Crippen LogP contribution in [0.4, 0.5) is 0 Å². The average Bonchev–Trinajstić information content (AvgIpc) is 2.94. The molecule has 0 bridgehead atoms. The highest BCUT2D eigenvalue weighted by Crippen LogP contribution is 2.49. The van der Waals surface area contributed by atoms with E-state index in [0.29, 0.717) is 0 Å². The maximum Gasteiger partial charge on any atom is 0.273 e. The Bertz CT molecular complexity index is 645. The summed E-state index contributed by atoms with van der Waals surface area (Å²) in [5.41, 5.74) is 9.13. The van der Waals surface area contributed by atoms with Crippen molar-refractivity contribution in [2.75, 3.05) is 0 Å². The SMILES string of the molecule is CCc1c(C)[nH]c(/C=C2/C(=O)NN=C2C2(C)CC2)c1C. The number of H-pyrrole nitrogens is 1. The summed E-state index contributed by atoms with van der Waals surface area (Å²) in [5.74, 6) is -0.0853. The Hall–Kier alpha value is -1.84. The Labute approximate surface area is 119 Å². The number of amides is 1. The summed E-state index contributed by atoms with van der Waals surface area (Å²) in [7, 11) is 0. The van der Waals surface area contributed by atoms with Crippen molar-refractivity contribution in [3.05, 3.63) is 28.1 Å². The Morgan fingerprint density at radius 1 is 1.35 bits per heavy atom. The third kappa shape index (κ3) is 1.90. The first-order valence-electron chi connectivity index (χ1n) is 7.25. The molecule has 0 atom stereocenters. The molecule has 2 N–H and O–H groups in total. The summed E-state index contributed by atoms with van der Waals surface area (Å²) in [6.07, 6.45) is 5.19. The van der Waals surface area contributed by atoms with Crippen molar-refractivity contribution in [2.45, 2.75) is 47.0 Å². The highest BCUT2D eigenvalue weighted by Gasteiger charge is 2.47. The third-order valence-electron chi connectivity index (χ3n) is 4.61. The topological polar surface area (TPSA) is 57.2 Å². The van der Waals surface area contributed by atoms with Gasteiger partial charge in [0.25, 0.3) is 5.91 Å². The molecule has 2 aliphatic rings. The molecule has 1 fully saturated rings. The van der Waals surface area contributed by atoms with Gasteiger partial charge < -0.3 is 4.98 Å². The van der Waals surface area contributed by atoms with Gasteiger partial charge in [-0.1, -0.05) is 13.8 Å². The minimum atomic E-state index is -0.0853. The van der Waals surface area contributed by atoms with E-state index in [9.17, 15) is 4.79 Å². The lowest BCUT2D eigenvalue weighted by molar-refractivity contribution is -0.116. The van der Waals surface area contributed by atoms with Crippen molar-refractivity contribution in [3.63, 3.8) is 0 Å². The summed E-state index contributed by atoms with van der Waals surface area (Å²) in [5, 5.41) is 4.24. The lowest BCUT2D eigenvalue weighted by Gasteiger charge is -2.07. The van der Waals surface area contributed by atoms with Gasteiger partial charge in [-0.15, -0.1) is 0 Å². The molecule has 1 aliphatic carbocycles. The van der Waals surface area contributed by atoms with Crippen molar-refractivity contribution in [1.82, 2.24) is 10.4 Å². The lowest BCUT2D eigenvalue weighted by Crippen LogP contribution is -2.17. The number of hydrazone groups is 1. The Kier molecular flexibility index (Phi) is 2.85. The van der Waals surface area contributed by atoms with Crippen LogP contribution in [-0.2, 0) is 11.2 Å². The van der Waals surface area contributed by atoms with Crippen LogP contribution in [0, 0.1) is 19.3 Å². The fourth-order valence-corrected chi connectivity index (χ4v) is 2.99. The van der Waals surface area contributed by atoms with Crippen molar-refractivity contribution < 1.29 is 4.79 Å². The summed E-state index contributed by atoms with van der Waals surface area (Å²) < 4.78 is 0. The second-order valence-electron chi connectivity index (χ2n) is 6.14. The molecule has 1 amide bonds. The molecule has 4 nitrogen and oxygen atoms in total. The summed E-state index contributed by atoms with van der Waals surface area (Å²) >= 11 is 0. The molecule has 0 radical (unpaired) electrons. The molecule has 20 heavy (non-hydrogen) atoms. The summed E-state index contributed by atoms with van der Waals surface area (Å²) in [6.45, 7) is 8.52. The Morgan fingerprint density at radius 2 is 2.05 bits per heavy atom. The smallest absolute Gasteiger partial charge is 0.273 e. The van der Waals surface area contributed by atoms with E-state index in [1.807, 2.05) is 6.08 Å². The largest absolute Gasteiger partial charge is 0.359 e. The zero-order chi connectivity index (χ0) is 14.5. The van der Waals surface area contributed by atoms with Gasteiger partial charge in [-0.3, -0.25) is 4.79 Å². The number of carbonyl (C=O) groups excluding carboxylic acids is 1. The standard InChI is InChI=1S/C16H21N3O/c1-5-11-9(2)13(17-10(11)3)8-12-14(16(4)6-7-16)18-19-15(12)20/h8,17H,5-7H2,1-4H3,(H,19,20)/b12-8+. The van der Waals surface area contributed by atoms with Gasteiger partial charge in [-0.05, 0) is 50.3 Å². The highest BCUT2D eigenvalue weighted by molar-refractivity contribution is 6.29. The molecule has 106 valence electrons. The molecule has 1 aromatic heterocycles. The van der Waals surface area contributed by atoms with Crippen LogP contribution in [0.15, 0.2) is 10.7 Å². The number of aryl methyl sites for hydroxylation is 1. The summed E-state index contributed by atoms with van der Waals surface area (Å²) in [6, 6.07) is 0. The van der Waals surface area contributed by atoms with E-state index >= 15 is 0 Å². The van der Waals surface area contributed by atoms with E-state index in [2.05, 4.69) is 43.2 Å². The lowest BCUT2D eigenvalue weighted by atomic mass is 9.94. The molecule has 3 rings (SSSR count). The minimum absolute atomic E-state index is 0.0853. The zero-order valence-corrected chi connectivity index (χ0v) is 12.6. The van der Waals surface area contributed by atoms with Gasteiger partial charge in [0.1, 0.15) is 0 Å². The quantitative estimate of drug-likeness (QED) is 0.816. The molecular formula is C16H21N3O. The van der Waals surface area contributed by atoms with E-state index < -0.39 is 0 Å². The molecule has 0 aromatic carbocycles. The minimum Gasteiger partial charge on any atom is -0.359 e. The number of nitrogens with zero attached hydrogens (tertiary/aromatic N) is 1. The number of nitrogens with one attached hydrogen (secondary N) is 2. The predicted octanol–water partition coefficient (Wildman–Crippen LogP) is 2.86.